The molecule has 124 valence electrons. The maximum Gasteiger partial charge on any atom is 0.257 e. The van der Waals surface area contributed by atoms with Gasteiger partial charge in [-0.3, -0.25) is 4.79 Å². The predicted octanol–water partition coefficient (Wildman–Crippen LogP) is 4.53. The first-order chi connectivity index (χ1) is 11.5. The Kier molecular flexibility index (Phi) is 4.97. The molecule has 0 aliphatic carbocycles. The average molecular weight is 363 g/mol. The fraction of sp³-hybridized carbons (Fsp3) is 0.176. The van der Waals surface area contributed by atoms with Crippen molar-refractivity contribution in [3.8, 4) is 5.75 Å². The Morgan fingerprint density at radius 3 is 2.92 bits per heavy atom. The number of aryl methyl sites for hydroxylation is 1. The summed E-state index contributed by atoms with van der Waals surface area (Å²) in [5, 5.41) is 3.90. The minimum atomic E-state index is -0.131. The van der Waals surface area contributed by atoms with Crippen molar-refractivity contribution in [1.29, 1.82) is 0 Å². The van der Waals surface area contributed by atoms with Gasteiger partial charge < -0.3 is 14.5 Å². The summed E-state index contributed by atoms with van der Waals surface area (Å²) in [6, 6.07) is 10.7. The van der Waals surface area contributed by atoms with Crippen molar-refractivity contribution in [3.63, 3.8) is 0 Å². The summed E-state index contributed by atoms with van der Waals surface area (Å²) in [5.41, 5.74) is 3.01. The van der Waals surface area contributed by atoms with Crippen LogP contribution in [0.2, 0.25) is 5.02 Å². The Hall–Kier alpha value is -2.18. The van der Waals surface area contributed by atoms with Crippen molar-refractivity contribution >= 4 is 46.1 Å². The molecule has 0 radical (unpaired) electrons. The third kappa shape index (κ3) is 3.83. The van der Waals surface area contributed by atoms with E-state index in [0.717, 1.165) is 17.0 Å². The van der Waals surface area contributed by atoms with Gasteiger partial charge >= 0.3 is 0 Å². The van der Waals surface area contributed by atoms with Crippen LogP contribution >= 0.6 is 23.4 Å². The van der Waals surface area contributed by atoms with E-state index in [1.807, 2.05) is 19.1 Å². The van der Waals surface area contributed by atoms with Crippen LogP contribution in [0.1, 0.15) is 5.56 Å². The van der Waals surface area contributed by atoms with Gasteiger partial charge in [0.1, 0.15) is 11.3 Å². The van der Waals surface area contributed by atoms with Gasteiger partial charge in [0, 0.05) is 10.7 Å². The number of benzene rings is 2. The fourth-order valence-corrected chi connectivity index (χ4v) is 2.96. The molecule has 0 unspecified atom stereocenters. The molecule has 7 heteroatoms. The number of oxazole rings is 1. The van der Waals surface area contributed by atoms with Crippen molar-refractivity contribution < 1.29 is 13.9 Å². The van der Waals surface area contributed by atoms with E-state index in [1.165, 1.54) is 11.8 Å². The first-order valence-corrected chi connectivity index (χ1v) is 8.55. The van der Waals surface area contributed by atoms with E-state index in [9.17, 15) is 4.79 Å². The van der Waals surface area contributed by atoms with Crippen LogP contribution in [0, 0.1) is 6.92 Å². The summed E-state index contributed by atoms with van der Waals surface area (Å²) in [6.07, 6.45) is 0. The summed E-state index contributed by atoms with van der Waals surface area (Å²) >= 11 is 7.16. The maximum absolute atomic E-state index is 12.1. The highest BCUT2D eigenvalue weighted by atomic mass is 35.5. The highest BCUT2D eigenvalue weighted by molar-refractivity contribution is 7.99. The minimum absolute atomic E-state index is 0.131. The zero-order chi connectivity index (χ0) is 17.1. The normalized spacial score (nSPS) is 10.8. The van der Waals surface area contributed by atoms with E-state index in [0.29, 0.717) is 21.3 Å². The number of carbonyl (C=O) groups is 1. The van der Waals surface area contributed by atoms with Crippen LogP contribution in [0.25, 0.3) is 11.1 Å². The van der Waals surface area contributed by atoms with Crippen molar-refractivity contribution in [3.05, 3.63) is 47.0 Å². The average Bonchev–Trinajstić information content (AvgIpc) is 2.96. The molecule has 0 atom stereocenters. The van der Waals surface area contributed by atoms with Crippen molar-refractivity contribution in [2.75, 3.05) is 18.2 Å². The number of hydrogen-bond donors (Lipinski definition) is 1. The zero-order valence-electron chi connectivity index (χ0n) is 13.1. The molecule has 0 saturated carbocycles. The summed E-state index contributed by atoms with van der Waals surface area (Å²) in [4.78, 5) is 16.4. The van der Waals surface area contributed by atoms with Crippen molar-refractivity contribution in [1.82, 2.24) is 4.98 Å². The molecule has 5 nitrogen and oxygen atoms in total. The number of nitrogens with zero attached hydrogens (tertiary/aromatic N) is 1. The lowest BCUT2D eigenvalue weighted by Crippen LogP contribution is -2.14. The molecule has 3 rings (SSSR count). The third-order valence-corrected chi connectivity index (χ3v) is 4.43. The van der Waals surface area contributed by atoms with Crippen LogP contribution in [0.15, 0.2) is 46.0 Å². The largest absolute Gasteiger partial charge is 0.497 e. The van der Waals surface area contributed by atoms with Gasteiger partial charge in [0.25, 0.3) is 5.22 Å². The Morgan fingerprint density at radius 1 is 1.33 bits per heavy atom. The van der Waals surface area contributed by atoms with Crippen LogP contribution < -0.4 is 10.1 Å². The van der Waals surface area contributed by atoms with E-state index in [-0.39, 0.29) is 11.7 Å². The van der Waals surface area contributed by atoms with Gasteiger partial charge in [-0.2, -0.15) is 0 Å². The molecule has 1 amide bonds. The number of hydrogen-bond acceptors (Lipinski definition) is 5. The lowest BCUT2D eigenvalue weighted by molar-refractivity contribution is -0.113. The molecule has 3 aromatic rings. The van der Waals surface area contributed by atoms with Gasteiger partial charge in [-0.1, -0.05) is 23.4 Å². The minimum Gasteiger partial charge on any atom is -0.497 e. The second kappa shape index (κ2) is 7.15. The number of aromatic nitrogens is 1. The predicted molar refractivity (Wildman–Crippen MR) is 96.1 cm³/mol. The second-order valence-corrected chi connectivity index (χ2v) is 6.47. The Bertz CT molecular complexity index is 895. The monoisotopic (exact) mass is 362 g/mol. The highest BCUT2D eigenvalue weighted by Crippen LogP contribution is 2.26. The lowest BCUT2D eigenvalue weighted by Gasteiger charge is -2.09. The number of thioether (sulfide) groups is 1. The summed E-state index contributed by atoms with van der Waals surface area (Å²) in [7, 11) is 1.61. The molecule has 24 heavy (non-hydrogen) atoms. The number of ether oxygens (including phenoxy) is 1. The number of rotatable bonds is 5. The number of carbonyl (C=O) groups excluding carboxylic acids is 1. The molecular formula is C17H15ClN2O3S. The molecule has 0 spiro atoms. The van der Waals surface area contributed by atoms with E-state index in [1.54, 1.807) is 31.4 Å². The van der Waals surface area contributed by atoms with Gasteiger partial charge in [0.2, 0.25) is 5.91 Å². The fourth-order valence-electron chi connectivity index (χ4n) is 2.16. The smallest absolute Gasteiger partial charge is 0.257 e. The summed E-state index contributed by atoms with van der Waals surface area (Å²) in [5.74, 6) is 0.824. The van der Waals surface area contributed by atoms with E-state index in [2.05, 4.69) is 10.3 Å². The first-order valence-electron chi connectivity index (χ1n) is 7.18. The van der Waals surface area contributed by atoms with Crippen LogP contribution in [0.5, 0.6) is 5.75 Å². The number of halogens is 1. The van der Waals surface area contributed by atoms with E-state index < -0.39 is 0 Å². The number of fused-ring (bicyclic) bond motifs is 1. The third-order valence-electron chi connectivity index (χ3n) is 3.36. The van der Waals surface area contributed by atoms with Gasteiger partial charge in [-0.05, 0) is 48.9 Å². The van der Waals surface area contributed by atoms with Crippen LogP contribution in [-0.4, -0.2) is 23.8 Å². The molecule has 1 aromatic heterocycles. The molecule has 0 fully saturated rings. The Labute approximate surface area is 148 Å². The van der Waals surface area contributed by atoms with Gasteiger partial charge in [0.15, 0.2) is 5.58 Å². The summed E-state index contributed by atoms with van der Waals surface area (Å²) in [6.45, 7) is 1.91. The van der Waals surface area contributed by atoms with Crippen LogP contribution in [0.3, 0.4) is 0 Å². The Balaban J connectivity index is 1.62. The standard InChI is InChI=1S/C17H15ClN2O3S/c1-10-7-12(22-2)4-5-13(10)19-16(21)9-24-17-20-14-8-11(18)3-6-15(14)23-17/h3-8H,9H2,1-2H3,(H,19,21). The van der Waals surface area contributed by atoms with E-state index >= 15 is 0 Å². The first kappa shape index (κ1) is 16.7. The SMILES string of the molecule is COc1ccc(NC(=O)CSc2nc3cc(Cl)ccc3o2)c(C)c1. The molecular weight excluding hydrogens is 348 g/mol. The quantitative estimate of drug-likeness (QED) is 0.675. The topological polar surface area (TPSA) is 64.4 Å². The van der Waals surface area contributed by atoms with Gasteiger partial charge in [-0.15, -0.1) is 0 Å². The highest BCUT2D eigenvalue weighted by Gasteiger charge is 2.11. The Morgan fingerprint density at radius 2 is 2.17 bits per heavy atom. The van der Waals surface area contributed by atoms with Gasteiger partial charge in [0.05, 0.1) is 12.9 Å². The molecule has 0 aliphatic heterocycles. The maximum atomic E-state index is 12.1. The van der Waals surface area contributed by atoms with Gasteiger partial charge in [-0.25, -0.2) is 4.98 Å². The summed E-state index contributed by atoms with van der Waals surface area (Å²) < 4.78 is 10.7. The number of amides is 1. The number of anilines is 1. The second-order valence-electron chi connectivity index (χ2n) is 5.11. The van der Waals surface area contributed by atoms with Crippen LogP contribution in [-0.2, 0) is 4.79 Å². The zero-order valence-corrected chi connectivity index (χ0v) is 14.7. The molecule has 2 aromatic carbocycles. The van der Waals surface area contributed by atoms with Crippen LogP contribution in [0.4, 0.5) is 5.69 Å². The molecule has 1 N–H and O–H groups in total. The number of nitrogens with one attached hydrogen (secondary N) is 1. The molecule has 1 heterocycles. The molecule has 0 saturated heterocycles. The van der Waals surface area contributed by atoms with Crippen molar-refractivity contribution in [2.45, 2.75) is 12.1 Å². The lowest BCUT2D eigenvalue weighted by atomic mass is 10.2. The van der Waals surface area contributed by atoms with E-state index in [4.69, 9.17) is 20.8 Å². The molecule has 0 bridgehead atoms. The number of methoxy groups -OCH3 is 1. The molecule has 0 aliphatic rings. The van der Waals surface area contributed by atoms with Crippen molar-refractivity contribution in [2.24, 2.45) is 0 Å².